The van der Waals surface area contributed by atoms with Crippen LogP contribution in [0.3, 0.4) is 0 Å². The van der Waals surface area contributed by atoms with Crippen LogP contribution in [-0.4, -0.2) is 27.9 Å². The highest BCUT2D eigenvalue weighted by molar-refractivity contribution is 5.92. The van der Waals surface area contributed by atoms with Gasteiger partial charge in [0, 0.05) is 0 Å². The summed E-state index contributed by atoms with van der Waals surface area (Å²) in [5.41, 5.74) is 1.63. The summed E-state index contributed by atoms with van der Waals surface area (Å²) in [6, 6.07) is 0. The number of ether oxygens (including phenoxy) is 1. The van der Waals surface area contributed by atoms with E-state index in [1.165, 1.54) is 0 Å². The van der Waals surface area contributed by atoms with Crippen LogP contribution in [0.5, 0.6) is 5.88 Å². The molecule has 1 aromatic rings. The van der Waals surface area contributed by atoms with Gasteiger partial charge in [0.15, 0.2) is 0 Å². The number of aromatic nitrogens is 2. The zero-order chi connectivity index (χ0) is 15.1. The molecule has 0 aliphatic carbocycles. The van der Waals surface area contributed by atoms with Gasteiger partial charge in [-0.3, -0.25) is 0 Å². The number of hydrogen-bond donors (Lipinski definition) is 1. The van der Waals surface area contributed by atoms with E-state index in [0.29, 0.717) is 25.4 Å². The number of hydrogen-bond acceptors (Lipinski definition) is 4. The van der Waals surface area contributed by atoms with Gasteiger partial charge in [-0.25, -0.2) is 4.79 Å². The molecule has 1 N–H and O–H groups in total. The van der Waals surface area contributed by atoms with E-state index < -0.39 is 5.97 Å². The summed E-state index contributed by atoms with van der Waals surface area (Å²) in [5.74, 6) is -0.474. The van der Waals surface area contributed by atoms with Crippen LogP contribution in [0, 0.1) is 5.92 Å². The Bertz CT molecular complexity index is 461. The molecule has 112 valence electrons. The smallest absolute Gasteiger partial charge is 0.341 e. The summed E-state index contributed by atoms with van der Waals surface area (Å²) in [7, 11) is 0. The number of carbonyl (C=O) groups is 1. The summed E-state index contributed by atoms with van der Waals surface area (Å²) in [4.78, 5) is 11.5. The van der Waals surface area contributed by atoms with Gasteiger partial charge in [0.2, 0.25) is 5.88 Å². The second-order valence-electron chi connectivity index (χ2n) is 5.02. The normalized spacial score (nSPS) is 12.2. The molecular formula is C15H24N2O3. The zero-order valence-electron chi connectivity index (χ0n) is 12.8. The second-order valence-corrected chi connectivity index (χ2v) is 5.02. The summed E-state index contributed by atoms with van der Waals surface area (Å²) >= 11 is 0. The van der Waals surface area contributed by atoms with Gasteiger partial charge in [-0.05, 0) is 30.7 Å². The molecule has 0 aromatic carbocycles. The minimum atomic E-state index is -0.996. The molecule has 20 heavy (non-hydrogen) atoms. The Morgan fingerprint density at radius 3 is 2.45 bits per heavy atom. The summed E-state index contributed by atoms with van der Waals surface area (Å²) < 4.78 is 5.60. The van der Waals surface area contributed by atoms with E-state index in [1.54, 1.807) is 0 Å². The molecule has 0 saturated heterocycles. The van der Waals surface area contributed by atoms with Crippen molar-refractivity contribution < 1.29 is 14.6 Å². The molecule has 1 unspecified atom stereocenters. The Kier molecular flexibility index (Phi) is 6.42. The number of nitrogens with zero attached hydrogens (tertiary/aromatic N) is 2. The van der Waals surface area contributed by atoms with Crippen LogP contribution in [0.4, 0.5) is 0 Å². The molecule has 0 saturated carbocycles. The van der Waals surface area contributed by atoms with Crippen LogP contribution in [0.25, 0.3) is 0 Å². The predicted octanol–water partition coefficient (Wildman–Crippen LogP) is 3.11. The number of carboxylic acids is 1. The molecule has 1 rings (SSSR count). The Morgan fingerprint density at radius 1 is 1.25 bits per heavy atom. The first-order valence-corrected chi connectivity index (χ1v) is 7.29. The van der Waals surface area contributed by atoms with Crippen molar-refractivity contribution in [1.29, 1.82) is 0 Å². The van der Waals surface area contributed by atoms with Crippen molar-refractivity contribution in [2.75, 3.05) is 6.61 Å². The van der Waals surface area contributed by atoms with Crippen molar-refractivity contribution in [3.8, 4) is 5.88 Å². The summed E-state index contributed by atoms with van der Waals surface area (Å²) in [6.45, 7) is 8.53. The van der Waals surface area contributed by atoms with E-state index in [4.69, 9.17) is 4.74 Å². The molecule has 1 aromatic heterocycles. The molecule has 0 fully saturated rings. The molecular weight excluding hydrogens is 256 g/mol. The van der Waals surface area contributed by atoms with E-state index in [0.717, 1.165) is 24.1 Å². The SMILES string of the molecule is CCCC(C)COc1nnc(CC)c(CC)c1C(=O)O. The molecule has 0 aliphatic rings. The third-order valence-electron chi connectivity index (χ3n) is 3.31. The minimum absolute atomic E-state index is 0.148. The van der Waals surface area contributed by atoms with Crippen LogP contribution >= 0.6 is 0 Å². The lowest BCUT2D eigenvalue weighted by molar-refractivity contribution is 0.0688. The van der Waals surface area contributed by atoms with E-state index in [2.05, 4.69) is 24.0 Å². The first-order valence-electron chi connectivity index (χ1n) is 7.29. The standard InChI is InChI=1S/C15H24N2O3/c1-5-8-10(4)9-20-14-13(15(18)19)11(6-2)12(7-3)16-17-14/h10H,5-9H2,1-4H3,(H,18,19). The number of aryl methyl sites for hydroxylation is 1. The van der Waals surface area contributed by atoms with Gasteiger partial charge < -0.3 is 9.84 Å². The van der Waals surface area contributed by atoms with Gasteiger partial charge in [-0.15, -0.1) is 5.10 Å². The van der Waals surface area contributed by atoms with Gasteiger partial charge in [0.05, 0.1) is 12.3 Å². The van der Waals surface area contributed by atoms with Gasteiger partial charge in [0.25, 0.3) is 0 Å². The van der Waals surface area contributed by atoms with Crippen molar-refractivity contribution in [2.24, 2.45) is 5.92 Å². The van der Waals surface area contributed by atoms with Crippen molar-refractivity contribution in [1.82, 2.24) is 10.2 Å². The maximum absolute atomic E-state index is 11.5. The maximum Gasteiger partial charge on any atom is 0.341 e. The van der Waals surface area contributed by atoms with E-state index >= 15 is 0 Å². The fourth-order valence-electron chi connectivity index (χ4n) is 2.27. The van der Waals surface area contributed by atoms with E-state index in [9.17, 15) is 9.90 Å². The molecule has 1 heterocycles. The first kappa shape index (κ1) is 16.4. The molecule has 0 radical (unpaired) electrons. The van der Waals surface area contributed by atoms with Crippen molar-refractivity contribution in [3.05, 3.63) is 16.8 Å². The average Bonchev–Trinajstić information content (AvgIpc) is 2.43. The molecule has 1 atom stereocenters. The fraction of sp³-hybridized carbons (Fsp3) is 0.667. The molecule has 5 nitrogen and oxygen atoms in total. The fourth-order valence-corrected chi connectivity index (χ4v) is 2.27. The Hall–Kier alpha value is -1.65. The first-order chi connectivity index (χ1) is 9.54. The lowest BCUT2D eigenvalue weighted by Gasteiger charge is -2.15. The molecule has 5 heteroatoms. The third kappa shape index (κ3) is 3.92. The quantitative estimate of drug-likeness (QED) is 0.792. The minimum Gasteiger partial charge on any atom is -0.477 e. The molecule has 0 amide bonds. The average molecular weight is 280 g/mol. The number of carboxylic acid groups (broad SMARTS) is 1. The maximum atomic E-state index is 11.5. The number of rotatable bonds is 8. The Balaban J connectivity index is 3.04. The van der Waals surface area contributed by atoms with Gasteiger partial charge in [-0.2, -0.15) is 5.10 Å². The predicted molar refractivity (Wildman–Crippen MR) is 77.3 cm³/mol. The second kappa shape index (κ2) is 7.82. The highest BCUT2D eigenvalue weighted by Gasteiger charge is 2.21. The highest BCUT2D eigenvalue weighted by Crippen LogP contribution is 2.23. The van der Waals surface area contributed by atoms with Gasteiger partial charge >= 0.3 is 5.97 Å². The van der Waals surface area contributed by atoms with E-state index in [-0.39, 0.29) is 11.4 Å². The Labute approximate surface area is 120 Å². The molecule has 0 aliphatic heterocycles. The highest BCUT2D eigenvalue weighted by atomic mass is 16.5. The molecule has 0 spiro atoms. The van der Waals surface area contributed by atoms with Crippen LogP contribution in [-0.2, 0) is 12.8 Å². The van der Waals surface area contributed by atoms with Gasteiger partial charge in [-0.1, -0.05) is 34.1 Å². The van der Waals surface area contributed by atoms with Crippen molar-refractivity contribution in [3.63, 3.8) is 0 Å². The summed E-state index contributed by atoms with van der Waals surface area (Å²) in [5, 5.41) is 17.5. The van der Waals surface area contributed by atoms with E-state index in [1.807, 2.05) is 13.8 Å². The summed E-state index contributed by atoms with van der Waals surface area (Å²) in [6.07, 6.45) is 3.41. The third-order valence-corrected chi connectivity index (χ3v) is 3.31. The van der Waals surface area contributed by atoms with Crippen LogP contribution in [0.2, 0.25) is 0 Å². The van der Waals surface area contributed by atoms with Crippen molar-refractivity contribution in [2.45, 2.75) is 53.4 Å². The topological polar surface area (TPSA) is 72.3 Å². The van der Waals surface area contributed by atoms with Crippen molar-refractivity contribution >= 4 is 5.97 Å². The lowest BCUT2D eigenvalue weighted by atomic mass is 10.0. The van der Waals surface area contributed by atoms with Crippen LogP contribution < -0.4 is 4.74 Å². The van der Waals surface area contributed by atoms with Gasteiger partial charge in [0.1, 0.15) is 5.56 Å². The lowest BCUT2D eigenvalue weighted by Crippen LogP contribution is -2.16. The molecule has 0 bridgehead atoms. The Morgan fingerprint density at radius 2 is 1.95 bits per heavy atom. The number of aromatic carboxylic acids is 1. The van der Waals surface area contributed by atoms with Crippen LogP contribution in [0.15, 0.2) is 0 Å². The largest absolute Gasteiger partial charge is 0.477 e. The zero-order valence-corrected chi connectivity index (χ0v) is 12.8. The van der Waals surface area contributed by atoms with Crippen LogP contribution in [0.1, 0.15) is 62.2 Å². The monoisotopic (exact) mass is 280 g/mol.